The molecule has 2 fully saturated rings. The zero-order valence-corrected chi connectivity index (χ0v) is 14.7. The second kappa shape index (κ2) is 6.64. The number of amides is 1. The number of nitrogens with zero attached hydrogens (tertiary/aromatic N) is 4. The summed E-state index contributed by atoms with van der Waals surface area (Å²) in [6.07, 6.45) is 4.21. The van der Waals surface area contributed by atoms with E-state index < -0.39 is 0 Å². The first-order valence-corrected chi connectivity index (χ1v) is 9.47. The van der Waals surface area contributed by atoms with E-state index in [2.05, 4.69) is 37.5 Å². The standard InChI is InChI=1S/C17H22N4O2S/c1-12-18-17(19-23-12)14-6-2-8-20(14)11-16(22)21-9-3-5-13(21)15-7-4-10-24-15/h4,7,10,13-14H,2-3,5-6,8-9,11H2,1H3. The lowest BCUT2D eigenvalue weighted by atomic mass is 10.2. The van der Waals surface area contributed by atoms with Gasteiger partial charge in [-0.3, -0.25) is 9.69 Å². The topological polar surface area (TPSA) is 62.5 Å². The number of rotatable bonds is 4. The second-order valence-electron chi connectivity index (χ2n) is 6.56. The van der Waals surface area contributed by atoms with Gasteiger partial charge in [0.05, 0.1) is 18.6 Å². The van der Waals surface area contributed by atoms with Gasteiger partial charge >= 0.3 is 0 Å². The van der Waals surface area contributed by atoms with Gasteiger partial charge in [0.2, 0.25) is 11.8 Å². The maximum Gasteiger partial charge on any atom is 0.237 e. The molecule has 2 saturated heterocycles. The Bertz CT molecular complexity index is 699. The van der Waals surface area contributed by atoms with Gasteiger partial charge in [-0.1, -0.05) is 11.2 Å². The van der Waals surface area contributed by atoms with Gasteiger partial charge in [0, 0.05) is 18.3 Å². The SMILES string of the molecule is Cc1nc(C2CCCN2CC(=O)N2CCCC2c2cccs2)no1. The largest absolute Gasteiger partial charge is 0.340 e. The van der Waals surface area contributed by atoms with Crippen molar-refractivity contribution in [2.75, 3.05) is 19.6 Å². The molecule has 0 saturated carbocycles. The van der Waals surface area contributed by atoms with Gasteiger partial charge in [-0.25, -0.2) is 0 Å². The first-order chi connectivity index (χ1) is 11.7. The Morgan fingerprint density at radius 2 is 2.17 bits per heavy atom. The molecule has 2 aliphatic rings. The minimum atomic E-state index is 0.106. The maximum atomic E-state index is 12.9. The fourth-order valence-corrected chi connectivity index (χ4v) is 4.74. The van der Waals surface area contributed by atoms with Crippen LogP contribution >= 0.6 is 11.3 Å². The molecule has 2 aliphatic heterocycles. The van der Waals surface area contributed by atoms with Gasteiger partial charge < -0.3 is 9.42 Å². The monoisotopic (exact) mass is 346 g/mol. The van der Waals surface area contributed by atoms with Crippen LogP contribution in [0.15, 0.2) is 22.0 Å². The van der Waals surface area contributed by atoms with E-state index in [4.69, 9.17) is 4.52 Å². The van der Waals surface area contributed by atoms with Crippen LogP contribution in [0.4, 0.5) is 0 Å². The van der Waals surface area contributed by atoms with E-state index in [0.717, 1.165) is 38.8 Å². The molecule has 2 unspecified atom stereocenters. The number of hydrogen-bond donors (Lipinski definition) is 0. The third-order valence-electron chi connectivity index (χ3n) is 4.99. The Balaban J connectivity index is 1.45. The van der Waals surface area contributed by atoms with Crippen LogP contribution in [-0.2, 0) is 4.79 Å². The predicted octanol–water partition coefficient (Wildman–Crippen LogP) is 2.94. The van der Waals surface area contributed by atoms with Crippen LogP contribution in [0.5, 0.6) is 0 Å². The van der Waals surface area contributed by atoms with E-state index in [-0.39, 0.29) is 18.0 Å². The Hall–Kier alpha value is -1.73. The molecule has 128 valence electrons. The first kappa shape index (κ1) is 15.8. The molecule has 2 aromatic rings. The number of carbonyl (C=O) groups excluding carboxylic acids is 1. The van der Waals surface area contributed by atoms with Gasteiger partial charge in [0.1, 0.15) is 0 Å². The fourth-order valence-electron chi connectivity index (χ4n) is 3.86. The zero-order chi connectivity index (χ0) is 16.5. The van der Waals surface area contributed by atoms with E-state index in [1.165, 1.54) is 4.88 Å². The van der Waals surface area contributed by atoms with Crippen molar-refractivity contribution in [3.05, 3.63) is 34.1 Å². The summed E-state index contributed by atoms with van der Waals surface area (Å²) in [6, 6.07) is 4.57. The molecule has 2 atom stereocenters. The number of thiophene rings is 1. The average Bonchev–Trinajstić information content (AvgIpc) is 3.34. The number of likely N-dealkylation sites (tertiary alicyclic amines) is 2. The van der Waals surface area contributed by atoms with Crippen molar-refractivity contribution in [1.29, 1.82) is 0 Å². The molecule has 7 heteroatoms. The minimum Gasteiger partial charge on any atom is -0.340 e. The molecule has 0 N–H and O–H groups in total. The van der Waals surface area contributed by atoms with E-state index in [0.29, 0.717) is 18.3 Å². The third-order valence-corrected chi connectivity index (χ3v) is 5.96. The number of carbonyl (C=O) groups is 1. The van der Waals surface area contributed by atoms with E-state index in [1.54, 1.807) is 18.3 Å². The number of aromatic nitrogens is 2. The molecule has 1 amide bonds. The summed E-state index contributed by atoms with van der Waals surface area (Å²) >= 11 is 1.74. The van der Waals surface area contributed by atoms with Crippen molar-refractivity contribution >= 4 is 17.2 Å². The summed E-state index contributed by atoms with van der Waals surface area (Å²) in [5, 5.41) is 6.15. The van der Waals surface area contributed by atoms with Crippen LogP contribution in [0.2, 0.25) is 0 Å². The summed E-state index contributed by atoms with van der Waals surface area (Å²) in [7, 11) is 0. The van der Waals surface area contributed by atoms with Crippen LogP contribution in [0.25, 0.3) is 0 Å². The quantitative estimate of drug-likeness (QED) is 0.852. The highest BCUT2D eigenvalue weighted by atomic mass is 32.1. The highest BCUT2D eigenvalue weighted by molar-refractivity contribution is 7.10. The highest BCUT2D eigenvalue weighted by Gasteiger charge is 2.35. The molecule has 0 aromatic carbocycles. The van der Waals surface area contributed by atoms with Gasteiger partial charge in [0.25, 0.3) is 0 Å². The minimum absolute atomic E-state index is 0.106. The molecular formula is C17H22N4O2S. The first-order valence-electron chi connectivity index (χ1n) is 8.59. The van der Waals surface area contributed by atoms with Crippen molar-refractivity contribution in [3.63, 3.8) is 0 Å². The smallest absolute Gasteiger partial charge is 0.237 e. The van der Waals surface area contributed by atoms with E-state index in [1.807, 2.05) is 0 Å². The normalized spacial score (nSPS) is 24.8. The Labute approximate surface area is 145 Å². The maximum absolute atomic E-state index is 12.9. The lowest BCUT2D eigenvalue weighted by Gasteiger charge is -2.28. The number of aryl methyl sites for hydroxylation is 1. The predicted molar refractivity (Wildman–Crippen MR) is 90.6 cm³/mol. The van der Waals surface area contributed by atoms with E-state index >= 15 is 0 Å². The van der Waals surface area contributed by atoms with Gasteiger partial charge in [-0.05, 0) is 43.7 Å². The van der Waals surface area contributed by atoms with Gasteiger partial charge in [-0.2, -0.15) is 4.98 Å². The van der Waals surface area contributed by atoms with Crippen molar-refractivity contribution in [2.45, 2.75) is 44.7 Å². The molecule has 0 bridgehead atoms. The van der Waals surface area contributed by atoms with Gasteiger partial charge in [-0.15, -0.1) is 11.3 Å². The van der Waals surface area contributed by atoms with Crippen LogP contribution < -0.4 is 0 Å². The summed E-state index contributed by atoms with van der Waals surface area (Å²) < 4.78 is 5.11. The van der Waals surface area contributed by atoms with Gasteiger partial charge in [0.15, 0.2) is 5.82 Å². The fraction of sp³-hybridized carbons (Fsp3) is 0.588. The molecule has 0 spiro atoms. The molecule has 4 rings (SSSR count). The van der Waals surface area contributed by atoms with Crippen LogP contribution in [0, 0.1) is 6.92 Å². The Morgan fingerprint density at radius 3 is 2.92 bits per heavy atom. The highest BCUT2D eigenvalue weighted by Crippen LogP contribution is 2.35. The molecule has 4 heterocycles. The molecule has 6 nitrogen and oxygen atoms in total. The average molecular weight is 346 g/mol. The Morgan fingerprint density at radius 1 is 1.33 bits per heavy atom. The summed E-state index contributed by atoms with van der Waals surface area (Å²) in [5.74, 6) is 1.52. The summed E-state index contributed by atoms with van der Waals surface area (Å²) in [6.45, 7) is 4.03. The van der Waals surface area contributed by atoms with Crippen molar-refractivity contribution < 1.29 is 9.32 Å². The second-order valence-corrected chi connectivity index (χ2v) is 7.54. The van der Waals surface area contributed by atoms with Crippen molar-refractivity contribution in [3.8, 4) is 0 Å². The van der Waals surface area contributed by atoms with E-state index in [9.17, 15) is 4.79 Å². The van der Waals surface area contributed by atoms with Crippen LogP contribution in [-0.4, -0.2) is 45.5 Å². The molecule has 0 radical (unpaired) electrons. The van der Waals surface area contributed by atoms with Crippen molar-refractivity contribution in [2.24, 2.45) is 0 Å². The lowest BCUT2D eigenvalue weighted by Crippen LogP contribution is -2.39. The lowest BCUT2D eigenvalue weighted by molar-refractivity contribution is -0.133. The molecule has 24 heavy (non-hydrogen) atoms. The zero-order valence-electron chi connectivity index (χ0n) is 13.9. The molecular weight excluding hydrogens is 324 g/mol. The molecule has 2 aromatic heterocycles. The summed E-state index contributed by atoms with van der Waals surface area (Å²) in [5.41, 5.74) is 0. The van der Waals surface area contributed by atoms with Crippen LogP contribution in [0.1, 0.15) is 54.4 Å². The molecule has 0 aliphatic carbocycles. The number of hydrogen-bond acceptors (Lipinski definition) is 6. The Kier molecular flexibility index (Phi) is 4.37. The summed E-state index contributed by atoms with van der Waals surface area (Å²) in [4.78, 5) is 22.8. The van der Waals surface area contributed by atoms with Crippen LogP contribution in [0.3, 0.4) is 0 Å². The third kappa shape index (κ3) is 2.98. The van der Waals surface area contributed by atoms with Crippen molar-refractivity contribution in [1.82, 2.24) is 19.9 Å².